The van der Waals surface area contributed by atoms with E-state index in [1.807, 2.05) is 20.8 Å². The minimum absolute atomic E-state index is 0.0369. The summed E-state index contributed by atoms with van der Waals surface area (Å²) in [5, 5.41) is 0.756. The Morgan fingerprint density at radius 2 is 2.25 bits per heavy atom. The third-order valence-electron chi connectivity index (χ3n) is 2.60. The highest BCUT2D eigenvalue weighted by molar-refractivity contribution is 7.18. The van der Waals surface area contributed by atoms with E-state index in [-0.39, 0.29) is 5.56 Å². The zero-order chi connectivity index (χ0) is 11.9. The molecule has 0 N–H and O–H groups in total. The molecule has 0 unspecified atom stereocenters. The molecule has 84 valence electrons. The molecule has 0 aliphatic heterocycles. The normalized spacial score (nSPS) is 10.9. The summed E-state index contributed by atoms with van der Waals surface area (Å²) < 4.78 is 1.61. The molecule has 0 radical (unpaired) electrons. The molecule has 0 amide bonds. The fourth-order valence-electron chi connectivity index (χ4n) is 1.67. The Morgan fingerprint density at radius 1 is 1.56 bits per heavy atom. The van der Waals surface area contributed by atoms with Crippen LogP contribution in [0.2, 0.25) is 0 Å². The average Bonchev–Trinajstić information content (AvgIpc) is 2.48. The van der Waals surface area contributed by atoms with Gasteiger partial charge < -0.3 is 0 Å². The van der Waals surface area contributed by atoms with Crippen molar-refractivity contribution in [1.29, 1.82) is 0 Å². The smallest absolute Gasteiger partial charge is 0.262 e. The van der Waals surface area contributed by atoms with E-state index < -0.39 is 0 Å². The Labute approximate surface area is 98.1 Å². The third-order valence-corrected chi connectivity index (χ3v) is 3.71. The van der Waals surface area contributed by atoms with E-state index >= 15 is 0 Å². The molecule has 0 saturated carbocycles. The summed E-state index contributed by atoms with van der Waals surface area (Å²) in [6, 6.07) is 0. The topological polar surface area (TPSA) is 34.9 Å². The summed E-state index contributed by atoms with van der Waals surface area (Å²) in [6.45, 7) is 10.2. The van der Waals surface area contributed by atoms with Crippen LogP contribution in [-0.2, 0) is 6.54 Å². The van der Waals surface area contributed by atoms with E-state index in [0.717, 1.165) is 26.2 Å². The van der Waals surface area contributed by atoms with Crippen molar-refractivity contribution in [3.05, 3.63) is 39.3 Å². The first-order valence-electron chi connectivity index (χ1n) is 5.10. The van der Waals surface area contributed by atoms with Gasteiger partial charge in [-0.25, -0.2) is 4.98 Å². The van der Waals surface area contributed by atoms with Gasteiger partial charge in [-0.15, -0.1) is 11.3 Å². The van der Waals surface area contributed by atoms with Crippen molar-refractivity contribution < 1.29 is 0 Å². The summed E-state index contributed by atoms with van der Waals surface area (Å²) >= 11 is 1.57. The fourth-order valence-corrected chi connectivity index (χ4v) is 2.66. The molecule has 0 fully saturated rings. The van der Waals surface area contributed by atoms with Crippen LogP contribution in [0.1, 0.15) is 17.4 Å². The maximum atomic E-state index is 12.2. The van der Waals surface area contributed by atoms with Crippen molar-refractivity contribution in [2.45, 2.75) is 27.3 Å². The van der Waals surface area contributed by atoms with Crippen molar-refractivity contribution in [2.24, 2.45) is 0 Å². The lowest BCUT2D eigenvalue weighted by molar-refractivity contribution is 0.739. The first-order chi connectivity index (χ1) is 7.50. The molecule has 16 heavy (non-hydrogen) atoms. The Hall–Kier alpha value is -1.42. The molecule has 0 aliphatic carbocycles. The molecule has 0 saturated heterocycles. The van der Waals surface area contributed by atoms with Crippen LogP contribution in [0, 0.1) is 13.8 Å². The summed E-state index contributed by atoms with van der Waals surface area (Å²) in [5.74, 6) is 0. The van der Waals surface area contributed by atoms with E-state index in [1.54, 1.807) is 22.2 Å². The Balaban J connectivity index is 2.73. The number of hydrogen-bond donors (Lipinski definition) is 0. The number of hydrogen-bond acceptors (Lipinski definition) is 3. The fraction of sp³-hybridized carbons (Fsp3) is 0.333. The van der Waals surface area contributed by atoms with Crippen LogP contribution in [0.5, 0.6) is 0 Å². The standard InChI is InChI=1S/C12H14N2OS/c1-7(2)5-14-6-13-11-10(12(14)15)8(3)9(4)16-11/h6H,1,5H2,2-4H3. The minimum Gasteiger partial charge on any atom is -0.295 e. The lowest BCUT2D eigenvalue weighted by atomic mass is 10.2. The predicted molar refractivity (Wildman–Crippen MR) is 68.2 cm³/mol. The third kappa shape index (κ3) is 1.69. The molecule has 0 aliphatic rings. The second-order valence-electron chi connectivity index (χ2n) is 4.10. The van der Waals surface area contributed by atoms with E-state index in [1.165, 1.54) is 0 Å². The van der Waals surface area contributed by atoms with Gasteiger partial charge in [-0.2, -0.15) is 0 Å². The number of nitrogens with zero attached hydrogens (tertiary/aromatic N) is 2. The van der Waals surface area contributed by atoms with Crippen LogP contribution in [-0.4, -0.2) is 9.55 Å². The highest BCUT2D eigenvalue weighted by atomic mass is 32.1. The zero-order valence-corrected chi connectivity index (χ0v) is 10.5. The minimum atomic E-state index is 0.0369. The molecular formula is C12H14N2OS. The van der Waals surface area contributed by atoms with Crippen molar-refractivity contribution in [3.63, 3.8) is 0 Å². The van der Waals surface area contributed by atoms with E-state index in [0.29, 0.717) is 6.54 Å². The second kappa shape index (κ2) is 3.87. The lowest BCUT2D eigenvalue weighted by Crippen LogP contribution is -2.20. The van der Waals surface area contributed by atoms with Crippen LogP contribution in [0.25, 0.3) is 10.2 Å². The van der Waals surface area contributed by atoms with Gasteiger partial charge in [0.15, 0.2) is 0 Å². The first kappa shape index (κ1) is 11.1. The van der Waals surface area contributed by atoms with Gasteiger partial charge in [-0.1, -0.05) is 12.2 Å². The van der Waals surface area contributed by atoms with Crippen molar-refractivity contribution >= 4 is 21.6 Å². The number of aryl methyl sites for hydroxylation is 2. The van der Waals surface area contributed by atoms with Gasteiger partial charge >= 0.3 is 0 Å². The zero-order valence-electron chi connectivity index (χ0n) is 9.70. The van der Waals surface area contributed by atoms with E-state index in [9.17, 15) is 4.79 Å². The Kier molecular flexibility index (Phi) is 2.68. The Morgan fingerprint density at radius 3 is 2.88 bits per heavy atom. The first-order valence-corrected chi connectivity index (χ1v) is 5.92. The van der Waals surface area contributed by atoms with Gasteiger partial charge in [-0.3, -0.25) is 9.36 Å². The molecule has 0 atom stereocenters. The van der Waals surface area contributed by atoms with Crippen molar-refractivity contribution in [3.8, 4) is 0 Å². The summed E-state index contributed by atoms with van der Waals surface area (Å²) in [5.41, 5.74) is 2.04. The number of allylic oxidation sites excluding steroid dienone is 1. The molecule has 2 aromatic heterocycles. The van der Waals surface area contributed by atoms with Gasteiger partial charge in [0.05, 0.1) is 11.7 Å². The quantitative estimate of drug-likeness (QED) is 0.749. The summed E-state index contributed by atoms with van der Waals surface area (Å²) in [4.78, 5) is 18.5. The van der Waals surface area contributed by atoms with Crippen LogP contribution < -0.4 is 5.56 Å². The largest absolute Gasteiger partial charge is 0.295 e. The Bertz CT molecular complexity index is 622. The molecule has 4 heteroatoms. The van der Waals surface area contributed by atoms with Gasteiger partial charge in [0, 0.05) is 11.4 Å². The van der Waals surface area contributed by atoms with Gasteiger partial charge in [0.1, 0.15) is 4.83 Å². The summed E-state index contributed by atoms with van der Waals surface area (Å²) in [6.07, 6.45) is 1.61. The van der Waals surface area contributed by atoms with Gasteiger partial charge in [-0.05, 0) is 26.3 Å². The van der Waals surface area contributed by atoms with E-state index in [4.69, 9.17) is 0 Å². The van der Waals surface area contributed by atoms with Crippen LogP contribution in [0.3, 0.4) is 0 Å². The van der Waals surface area contributed by atoms with Gasteiger partial charge in [0.25, 0.3) is 5.56 Å². The van der Waals surface area contributed by atoms with Crippen LogP contribution >= 0.6 is 11.3 Å². The molecule has 0 bridgehead atoms. The molecule has 2 rings (SSSR count). The molecule has 0 aromatic carbocycles. The molecule has 2 aromatic rings. The maximum Gasteiger partial charge on any atom is 0.262 e. The van der Waals surface area contributed by atoms with Crippen LogP contribution in [0.4, 0.5) is 0 Å². The molecule has 0 spiro atoms. The number of aromatic nitrogens is 2. The highest BCUT2D eigenvalue weighted by Crippen LogP contribution is 2.25. The number of rotatable bonds is 2. The van der Waals surface area contributed by atoms with Crippen molar-refractivity contribution in [2.75, 3.05) is 0 Å². The highest BCUT2D eigenvalue weighted by Gasteiger charge is 2.11. The average molecular weight is 234 g/mol. The number of thiophene rings is 1. The SMILES string of the molecule is C=C(C)Cn1cnc2sc(C)c(C)c2c1=O. The molecule has 2 heterocycles. The summed E-state index contributed by atoms with van der Waals surface area (Å²) in [7, 11) is 0. The van der Waals surface area contributed by atoms with E-state index in [2.05, 4.69) is 11.6 Å². The second-order valence-corrected chi connectivity index (χ2v) is 5.30. The monoisotopic (exact) mass is 234 g/mol. The number of fused-ring (bicyclic) bond motifs is 1. The lowest BCUT2D eigenvalue weighted by Gasteiger charge is -2.04. The van der Waals surface area contributed by atoms with Crippen LogP contribution in [0.15, 0.2) is 23.3 Å². The predicted octanol–water partition coefficient (Wildman–Crippen LogP) is 2.65. The molecular weight excluding hydrogens is 220 g/mol. The van der Waals surface area contributed by atoms with Gasteiger partial charge in [0.2, 0.25) is 0 Å². The van der Waals surface area contributed by atoms with Crippen molar-refractivity contribution in [1.82, 2.24) is 9.55 Å². The molecule has 3 nitrogen and oxygen atoms in total. The maximum absolute atomic E-state index is 12.2.